The van der Waals surface area contributed by atoms with Crippen LogP contribution in [0, 0.1) is 29.6 Å². The Hall–Kier alpha value is -0.560. The number of nitrogens with two attached hydrogens (primary N) is 1. The number of hydrazine groups is 1. The highest BCUT2D eigenvalue weighted by Crippen LogP contribution is 2.52. The van der Waals surface area contributed by atoms with Crippen LogP contribution in [0.4, 0.5) is 0 Å². The van der Waals surface area contributed by atoms with Gasteiger partial charge in [-0.2, -0.15) is 0 Å². The molecule has 13 heavy (non-hydrogen) atoms. The minimum Gasteiger partial charge on any atom is -0.381 e. The number of hydrogen-bond donors (Lipinski definition) is 2. The molecule has 2 aliphatic rings. The molecule has 1 saturated heterocycles. The fourth-order valence-electron chi connectivity index (χ4n) is 2.40. The van der Waals surface area contributed by atoms with Gasteiger partial charge in [0.2, 0.25) is 0 Å². The van der Waals surface area contributed by atoms with Crippen molar-refractivity contribution in [1.29, 1.82) is 0 Å². The second kappa shape index (κ2) is 3.67. The third-order valence-electron chi connectivity index (χ3n) is 3.20. The van der Waals surface area contributed by atoms with Crippen LogP contribution in [0.2, 0.25) is 0 Å². The van der Waals surface area contributed by atoms with Crippen molar-refractivity contribution in [2.75, 3.05) is 13.2 Å². The predicted octanol–water partition coefficient (Wildman–Crippen LogP) is 0.124. The van der Waals surface area contributed by atoms with Crippen LogP contribution in [0.1, 0.15) is 13.3 Å². The first-order valence-electron chi connectivity index (χ1n) is 4.82. The van der Waals surface area contributed by atoms with E-state index >= 15 is 0 Å². The van der Waals surface area contributed by atoms with Crippen LogP contribution in [0.15, 0.2) is 0 Å². The highest BCUT2D eigenvalue weighted by atomic mass is 16.5. The summed E-state index contributed by atoms with van der Waals surface area (Å²) in [6.45, 7) is 3.71. The van der Waals surface area contributed by atoms with E-state index in [1.807, 2.05) is 6.92 Å². The van der Waals surface area contributed by atoms with Gasteiger partial charge in [-0.15, -0.1) is 11.8 Å². The van der Waals surface area contributed by atoms with Crippen LogP contribution in [-0.4, -0.2) is 19.3 Å². The predicted molar refractivity (Wildman–Crippen MR) is 50.5 cm³/mol. The van der Waals surface area contributed by atoms with Crippen molar-refractivity contribution in [2.24, 2.45) is 23.6 Å². The SMILES string of the molecule is CC#CCC(NN)C1C2COCC21. The maximum absolute atomic E-state index is 5.50. The molecule has 72 valence electrons. The van der Waals surface area contributed by atoms with E-state index < -0.39 is 0 Å². The van der Waals surface area contributed by atoms with E-state index in [2.05, 4.69) is 17.3 Å². The molecule has 1 heterocycles. The molecule has 0 amide bonds. The van der Waals surface area contributed by atoms with Crippen molar-refractivity contribution in [3.8, 4) is 11.8 Å². The van der Waals surface area contributed by atoms with Gasteiger partial charge in [-0.05, 0) is 24.7 Å². The van der Waals surface area contributed by atoms with E-state index in [4.69, 9.17) is 10.6 Å². The molecule has 1 aliphatic carbocycles. The lowest BCUT2D eigenvalue weighted by Crippen LogP contribution is -2.38. The minimum atomic E-state index is 0.367. The molecular formula is C10H16N2O. The van der Waals surface area contributed by atoms with E-state index in [9.17, 15) is 0 Å². The molecule has 3 nitrogen and oxygen atoms in total. The quantitative estimate of drug-likeness (QED) is 0.368. The molecule has 1 saturated carbocycles. The summed E-state index contributed by atoms with van der Waals surface area (Å²) in [4.78, 5) is 0. The monoisotopic (exact) mass is 180 g/mol. The molecule has 1 aliphatic heterocycles. The molecule has 0 aromatic carbocycles. The molecule has 0 aromatic rings. The summed E-state index contributed by atoms with van der Waals surface area (Å²) < 4.78 is 5.33. The lowest BCUT2D eigenvalue weighted by molar-refractivity contribution is 0.143. The summed E-state index contributed by atoms with van der Waals surface area (Å²) in [5.41, 5.74) is 2.87. The van der Waals surface area contributed by atoms with Gasteiger partial charge in [0, 0.05) is 12.5 Å². The molecule has 2 fully saturated rings. The first-order chi connectivity index (χ1) is 6.38. The van der Waals surface area contributed by atoms with Gasteiger partial charge in [-0.1, -0.05) is 0 Å². The molecule has 0 aromatic heterocycles. The van der Waals surface area contributed by atoms with E-state index in [-0.39, 0.29) is 0 Å². The summed E-state index contributed by atoms with van der Waals surface area (Å²) in [6, 6.07) is 0.367. The fourth-order valence-corrected chi connectivity index (χ4v) is 2.40. The average molecular weight is 180 g/mol. The number of fused-ring (bicyclic) bond motifs is 1. The van der Waals surface area contributed by atoms with Crippen molar-refractivity contribution < 1.29 is 4.74 Å². The normalized spacial score (nSPS) is 37.5. The largest absolute Gasteiger partial charge is 0.381 e. The van der Waals surface area contributed by atoms with E-state index in [0.29, 0.717) is 12.0 Å². The number of rotatable bonds is 3. The summed E-state index contributed by atoms with van der Waals surface area (Å²) in [7, 11) is 0. The fraction of sp³-hybridized carbons (Fsp3) is 0.800. The Labute approximate surface area is 79.0 Å². The topological polar surface area (TPSA) is 47.3 Å². The van der Waals surface area contributed by atoms with Crippen molar-refractivity contribution in [2.45, 2.75) is 19.4 Å². The standard InChI is InChI=1S/C10H16N2O/c1-2-3-4-9(12-11)10-7-5-13-6-8(7)10/h7-10,12H,4-6,11H2,1H3. The van der Waals surface area contributed by atoms with Crippen LogP contribution >= 0.6 is 0 Å². The number of nitrogens with one attached hydrogen (secondary N) is 1. The van der Waals surface area contributed by atoms with Crippen LogP contribution in [0.5, 0.6) is 0 Å². The molecule has 0 bridgehead atoms. The second-order valence-electron chi connectivity index (χ2n) is 3.85. The van der Waals surface area contributed by atoms with E-state index in [0.717, 1.165) is 31.5 Å². The Bertz CT molecular complexity index is 233. The maximum Gasteiger partial charge on any atom is 0.0501 e. The highest BCUT2D eigenvalue weighted by molar-refractivity contribution is 5.09. The van der Waals surface area contributed by atoms with Gasteiger partial charge in [0.05, 0.1) is 13.2 Å². The zero-order valence-corrected chi connectivity index (χ0v) is 7.92. The zero-order valence-electron chi connectivity index (χ0n) is 7.92. The lowest BCUT2D eigenvalue weighted by Gasteiger charge is -2.14. The van der Waals surface area contributed by atoms with E-state index in [1.54, 1.807) is 0 Å². The van der Waals surface area contributed by atoms with Gasteiger partial charge in [0.15, 0.2) is 0 Å². The molecule has 3 atom stereocenters. The smallest absolute Gasteiger partial charge is 0.0501 e. The molecule has 2 rings (SSSR count). The molecule has 3 unspecified atom stereocenters. The minimum absolute atomic E-state index is 0.367. The summed E-state index contributed by atoms with van der Waals surface area (Å²) >= 11 is 0. The Morgan fingerprint density at radius 1 is 1.54 bits per heavy atom. The Balaban J connectivity index is 1.87. The van der Waals surface area contributed by atoms with Gasteiger partial charge in [0.25, 0.3) is 0 Å². The molecular weight excluding hydrogens is 164 g/mol. The van der Waals surface area contributed by atoms with Crippen LogP contribution in [0.3, 0.4) is 0 Å². The maximum atomic E-state index is 5.50. The summed E-state index contributed by atoms with van der Waals surface area (Å²) in [5, 5.41) is 0. The summed E-state index contributed by atoms with van der Waals surface area (Å²) in [6.07, 6.45) is 0.866. The van der Waals surface area contributed by atoms with Gasteiger partial charge in [-0.3, -0.25) is 11.3 Å². The van der Waals surface area contributed by atoms with Crippen molar-refractivity contribution >= 4 is 0 Å². The molecule has 0 spiro atoms. The van der Waals surface area contributed by atoms with Gasteiger partial charge < -0.3 is 4.74 Å². The first-order valence-corrected chi connectivity index (χ1v) is 4.82. The van der Waals surface area contributed by atoms with Crippen molar-refractivity contribution in [3.05, 3.63) is 0 Å². The third kappa shape index (κ3) is 1.58. The molecule has 0 radical (unpaired) electrons. The Morgan fingerprint density at radius 3 is 2.77 bits per heavy atom. The van der Waals surface area contributed by atoms with Crippen LogP contribution < -0.4 is 11.3 Å². The molecule has 3 heteroatoms. The van der Waals surface area contributed by atoms with Crippen molar-refractivity contribution in [3.63, 3.8) is 0 Å². The Kier molecular flexibility index (Phi) is 2.54. The number of hydrogen-bond acceptors (Lipinski definition) is 3. The summed E-state index contributed by atoms with van der Waals surface area (Å²) in [5.74, 6) is 13.7. The van der Waals surface area contributed by atoms with E-state index in [1.165, 1.54) is 0 Å². The van der Waals surface area contributed by atoms with Crippen LogP contribution in [0.25, 0.3) is 0 Å². The highest BCUT2D eigenvalue weighted by Gasteiger charge is 2.56. The van der Waals surface area contributed by atoms with Gasteiger partial charge in [0.1, 0.15) is 0 Å². The average Bonchev–Trinajstić information content (AvgIpc) is 2.62. The lowest BCUT2D eigenvalue weighted by atomic mass is 10.1. The van der Waals surface area contributed by atoms with Gasteiger partial charge >= 0.3 is 0 Å². The first kappa shape index (κ1) is 9.01. The van der Waals surface area contributed by atoms with Gasteiger partial charge in [-0.25, -0.2) is 0 Å². The number of ether oxygens (including phenoxy) is 1. The van der Waals surface area contributed by atoms with Crippen LogP contribution in [-0.2, 0) is 4.74 Å². The zero-order chi connectivity index (χ0) is 9.26. The Morgan fingerprint density at radius 2 is 2.23 bits per heavy atom. The molecule has 3 N–H and O–H groups in total. The third-order valence-corrected chi connectivity index (χ3v) is 3.20. The van der Waals surface area contributed by atoms with Crippen molar-refractivity contribution in [1.82, 2.24) is 5.43 Å². The second-order valence-corrected chi connectivity index (χ2v) is 3.85.